The fourth-order valence-corrected chi connectivity index (χ4v) is 9.51. The molecule has 0 radical (unpaired) electrons. The van der Waals surface area contributed by atoms with Crippen LogP contribution in [0.25, 0.3) is 66.8 Å². The Balaban J connectivity index is 1.07. The quantitative estimate of drug-likeness (QED) is 0.155. The Labute approximate surface area is 384 Å². The van der Waals surface area contributed by atoms with E-state index in [0.29, 0.717) is 22.6 Å². The van der Waals surface area contributed by atoms with E-state index in [-0.39, 0.29) is 39.9 Å². The first-order valence-electron chi connectivity index (χ1n) is 27.8. The van der Waals surface area contributed by atoms with Crippen molar-refractivity contribution in [2.45, 2.75) is 5.41 Å². The molecule has 0 N–H and O–H groups in total. The zero-order valence-electron chi connectivity index (χ0n) is 48.0. The Bertz CT molecular complexity index is 3930. The van der Waals surface area contributed by atoms with Gasteiger partial charge >= 0.3 is 0 Å². The molecule has 0 amide bonds. The van der Waals surface area contributed by atoms with Crippen LogP contribution in [0.4, 0.5) is 17.1 Å². The van der Waals surface area contributed by atoms with Crippen molar-refractivity contribution in [3.63, 3.8) is 0 Å². The average Bonchev–Trinajstić information content (AvgIpc) is 3.63. The van der Waals surface area contributed by atoms with Gasteiger partial charge in [0.1, 0.15) is 0 Å². The number of hydrogen-bond acceptors (Lipinski definition) is 1. The van der Waals surface area contributed by atoms with Gasteiger partial charge in [-0.2, -0.15) is 0 Å². The standard InChI is InChI=1S/C61H41N/c1-4-16-42(17-5-1)45-28-33-50(34-29-45)62(52-39-48(43-18-6-2-7-19-43)38-49(40-52)44-20-8-3-9-21-44)51-35-30-46(31-36-51)47-32-37-56-55-24-12-15-27-59(55)61(60(56)41-47)57-25-13-10-22-53(57)54-23-11-14-26-58(54)61/h1-41H/i1D,2D,3D,4D,5D,6D,7D,8D,9D,16D,17D,18D,19D,20D,21D. The van der Waals surface area contributed by atoms with Gasteiger partial charge in [-0.1, -0.05) is 200 Å². The molecule has 62 heavy (non-hydrogen) atoms. The van der Waals surface area contributed by atoms with Crippen molar-refractivity contribution < 1.29 is 20.6 Å². The van der Waals surface area contributed by atoms with E-state index in [1.165, 1.54) is 33.9 Å². The Morgan fingerprint density at radius 2 is 0.645 bits per heavy atom. The van der Waals surface area contributed by atoms with Gasteiger partial charge in [-0.15, -0.1) is 0 Å². The smallest absolute Gasteiger partial charge is 0.0725 e. The van der Waals surface area contributed by atoms with Crippen LogP contribution in [0, 0.1) is 0 Å². The van der Waals surface area contributed by atoms with Gasteiger partial charge in [0, 0.05) is 17.1 Å². The predicted octanol–water partition coefficient (Wildman–Crippen LogP) is 16.2. The van der Waals surface area contributed by atoms with Crippen molar-refractivity contribution in [3.8, 4) is 66.8 Å². The first kappa shape index (κ1) is 23.7. The van der Waals surface area contributed by atoms with Crippen molar-refractivity contribution in [2.24, 2.45) is 0 Å². The van der Waals surface area contributed by atoms with Crippen LogP contribution in [0.1, 0.15) is 42.8 Å². The van der Waals surface area contributed by atoms with Gasteiger partial charge in [0.2, 0.25) is 0 Å². The fraction of sp³-hybridized carbons (Fsp3) is 0.0164. The van der Waals surface area contributed by atoms with Gasteiger partial charge in [0.05, 0.1) is 26.0 Å². The molecule has 1 heteroatoms. The maximum atomic E-state index is 9.02. The SMILES string of the molecule is [2H]c1c([2H])c([2H])c(-c2ccc(N(c3ccc(-c4ccc5c(c4)C4(c6ccccc6-c6ccccc64)c4ccccc4-5)cc3)c3cc(-c4c([2H])c([2H])c([2H])c([2H])c4[2H])cc(-c4c([2H])c([2H])c([2H])c([2H])c4[2H])c3)cc2)c([2H])c1[2H]. The van der Waals surface area contributed by atoms with Gasteiger partial charge in [-0.25, -0.2) is 0 Å². The van der Waals surface area contributed by atoms with Crippen molar-refractivity contribution >= 4 is 17.1 Å². The summed E-state index contributed by atoms with van der Waals surface area (Å²) in [6.45, 7) is 0. The summed E-state index contributed by atoms with van der Waals surface area (Å²) in [5.74, 6) is 0. The third-order valence-corrected chi connectivity index (χ3v) is 12.1. The average molecular weight is 803 g/mol. The van der Waals surface area contributed by atoms with Gasteiger partial charge in [0.25, 0.3) is 0 Å². The molecule has 0 fully saturated rings. The number of anilines is 3. The summed E-state index contributed by atoms with van der Waals surface area (Å²) in [6, 6.07) is 43.5. The second kappa shape index (κ2) is 14.6. The molecule has 10 aromatic rings. The molecule has 0 aliphatic heterocycles. The van der Waals surface area contributed by atoms with Crippen LogP contribution in [0.2, 0.25) is 0 Å². The van der Waals surface area contributed by atoms with Gasteiger partial charge < -0.3 is 4.90 Å². The number of rotatable bonds is 7. The minimum Gasteiger partial charge on any atom is -0.310 e. The zero-order valence-corrected chi connectivity index (χ0v) is 33.0. The molecule has 0 saturated heterocycles. The summed E-state index contributed by atoms with van der Waals surface area (Å²) >= 11 is 0. The minimum absolute atomic E-state index is 0.00564. The molecule has 12 rings (SSSR count). The van der Waals surface area contributed by atoms with Crippen LogP contribution in [-0.2, 0) is 5.41 Å². The van der Waals surface area contributed by atoms with Crippen molar-refractivity contribution in [1.29, 1.82) is 0 Å². The maximum absolute atomic E-state index is 9.02. The lowest BCUT2D eigenvalue weighted by molar-refractivity contribution is 0.794. The molecule has 290 valence electrons. The summed E-state index contributed by atoms with van der Waals surface area (Å²) in [5, 5.41) is 0. The molecule has 0 unspecified atom stereocenters. The third kappa shape index (κ3) is 5.70. The highest BCUT2D eigenvalue weighted by molar-refractivity contribution is 5.96. The van der Waals surface area contributed by atoms with E-state index in [9.17, 15) is 0 Å². The Kier molecular flexibility index (Phi) is 5.59. The molecule has 0 saturated carbocycles. The minimum atomic E-state index is -0.604. The predicted molar refractivity (Wildman–Crippen MR) is 259 cm³/mol. The number of nitrogens with zero attached hydrogens (tertiary/aromatic N) is 1. The van der Waals surface area contributed by atoms with E-state index < -0.39 is 84.0 Å². The first-order chi connectivity index (χ1) is 36.9. The van der Waals surface area contributed by atoms with Gasteiger partial charge in [0.15, 0.2) is 0 Å². The summed E-state index contributed by atoms with van der Waals surface area (Å²) in [5.41, 5.74) is 12.2. The van der Waals surface area contributed by atoms with E-state index in [2.05, 4.69) is 91.0 Å². The monoisotopic (exact) mass is 802 g/mol. The Hall–Kier alpha value is -8.00. The van der Waals surface area contributed by atoms with Gasteiger partial charge in [-0.05, 0) is 138 Å². The summed E-state index contributed by atoms with van der Waals surface area (Å²) in [4.78, 5) is 1.80. The van der Waals surface area contributed by atoms with Crippen molar-refractivity contribution in [3.05, 3.63) is 271 Å². The molecule has 2 aliphatic rings. The van der Waals surface area contributed by atoms with Crippen LogP contribution in [0.15, 0.2) is 248 Å². The van der Waals surface area contributed by atoms with Crippen LogP contribution in [-0.4, -0.2) is 0 Å². The summed E-state index contributed by atoms with van der Waals surface area (Å²) in [6.07, 6.45) is 0. The molecule has 1 spiro atoms. The zero-order chi connectivity index (χ0) is 54.1. The highest BCUT2D eigenvalue weighted by atomic mass is 15.1. The number of hydrogen-bond donors (Lipinski definition) is 0. The van der Waals surface area contributed by atoms with Crippen LogP contribution in [0.3, 0.4) is 0 Å². The lowest BCUT2D eigenvalue weighted by Crippen LogP contribution is -2.25. The van der Waals surface area contributed by atoms with Crippen molar-refractivity contribution in [2.75, 3.05) is 4.90 Å². The van der Waals surface area contributed by atoms with E-state index >= 15 is 0 Å². The molecular weight excluding hydrogens is 747 g/mol. The van der Waals surface area contributed by atoms with Crippen LogP contribution < -0.4 is 4.90 Å². The molecular formula is C61H41N. The highest BCUT2D eigenvalue weighted by Crippen LogP contribution is 2.63. The van der Waals surface area contributed by atoms with Crippen LogP contribution >= 0.6 is 0 Å². The Morgan fingerprint density at radius 1 is 0.274 bits per heavy atom. The molecule has 0 bridgehead atoms. The van der Waals surface area contributed by atoms with E-state index in [1.54, 1.807) is 41.3 Å². The first-order valence-corrected chi connectivity index (χ1v) is 20.3. The second-order valence-corrected chi connectivity index (χ2v) is 15.3. The molecule has 0 heterocycles. The Morgan fingerprint density at radius 3 is 1.10 bits per heavy atom. The third-order valence-electron chi connectivity index (χ3n) is 12.1. The maximum Gasteiger partial charge on any atom is 0.0725 e. The highest BCUT2D eigenvalue weighted by Gasteiger charge is 2.51. The van der Waals surface area contributed by atoms with Crippen LogP contribution in [0.5, 0.6) is 0 Å². The second-order valence-electron chi connectivity index (χ2n) is 15.3. The van der Waals surface area contributed by atoms with Gasteiger partial charge in [-0.3, -0.25) is 0 Å². The molecule has 1 nitrogen and oxygen atoms in total. The largest absolute Gasteiger partial charge is 0.310 e. The normalized spacial score (nSPS) is 16.0. The van der Waals surface area contributed by atoms with E-state index in [4.69, 9.17) is 20.6 Å². The fourth-order valence-electron chi connectivity index (χ4n) is 9.51. The molecule has 10 aromatic carbocycles. The molecule has 0 atom stereocenters. The lowest BCUT2D eigenvalue weighted by Gasteiger charge is -2.30. The summed E-state index contributed by atoms with van der Waals surface area (Å²) < 4.78 is 129. The summed E-state index contributed by atoms with van der Waals surface area (Å²) in [7, 11) is 0. The van der Waals surface area contributed by atoms with E-state index in [1.807, 2.05) is 24.3 Å². The number of fused-ring (bicyclic) bond motifs is 10. The number of benzene rings is 10. The molecule has 2 aliphatic carbocycles. The lowest BCUT2D eigenvalue weighted by atomic mass is 9.70. The topological polar surface area (TPSA) is 3.24 Å². The molecule has 0 aromatic heterocycles. The van der Waals surface area contributed by atoms with E-state index in [0.717, 1.165) is 27.8 Å². The van der Waals surface area contributed by atoms with Crippen molar-refractivity contribution in [1.82, 2.24) is 0 Å².